The van der Waals surface area contributed by atoms with Gasteiger partial charge in [0.2, 0.25) is 0 Å². The summed E-state index contributed by atoms with van der Waals surface area (Å²) < 4.78 is 44.7. The first-order valence-electron chi connectivity index (χ1n) is 8.21. The van der Waals surface area contributed by atoms with E-state index >= 15 is 0 Å². The van der Waals surface area contributed by atoms with Crippen molar-refractivity contribution >= 4 is 23.0 Å². The van der Waals surface area contributed by atoms with E-state index in [1.807, 2.05) is 31.2 Å². The van der Waals surface area contributed by atoms with E-state index in [0.29, 0.717) is 12.4 Å². The molecule has 3 aromatic rings. The van der Waals surface area contributed by atoms with Crippen LogP contribution in [0.1, 0.15) is 12.5 Å². The normalized spacial score (nSPS) is 11.1. The second kappa shape index (κ2) is 7.94. The summed E-state index contributed by atoms with van der Waals surface area (Å²) in [6, 6.07) is 14.0. The van der Waals surface area contributed by atoms with Crippen LogP contribution >= 0.6 is 0 Å². The average molecular weight is 374 g/mol. The van der Waals surface area contributed by atoms with E-state index in [1.54, 1.807) is 0 Å². The Labute approximate surface area is 154 Å². The van der Waals surface area contributed by atoms with Crippen LogP contribution in [0.4, 0.5) is 36.2 Å². The lowest BCUT2D eigenvalue weighted by Crippen LogP contribution is -2.09. The number of nitrogens with one attached hydrogen (secondary N) is 2. The van der Waals surface area contributed by atoms with Gasteiger partial charge in [0.15, 0.2) is 0 Å². The molecule has 0 aliphatic heterocycles. The highest BCUT2D eigenvalue weighted by atomic mass is 19.4. The van der Waals surface area contributed by atoms with Gasteiger partial charge >= 0.3 is 6.18 Å². The van der Waals surface area contributed by atoms with Crippen LogP contribution in [0.2, 0.25) is 0 Å². The summed E-state index contributed by atoms with van der Waals surface area (Å²) >= 11 is 0. The van der Waals surface area contributed by atoms with Crippen LogP contribution in [0.15, 0.2) is 60.9 Å². The molecule has 0 saturated carbocycles. The van der Waals surface area contributed by atoms with Gasteiger partial charge in [-0.2, -0.15) is 13.2 Å². The molecule has 8 heteroatoms. The van der Waals surface area contributed by atoms with E-state index in [0.717, 1.165) is 17.5 Å². The maximum absolute atomic E-state index is 13.1. The fourth-order valence-electron chi connectivity index (χ4n) is 2.42. The van der Waals surface area contributed by atoms with Gasteiger partial charge in [-0.3, -0.25) is 0 Å². The van der Waals surface area contributed by atoms with Crippen LogP contribution in [0.25, 0.3) is 0 Å². The van der Waals surface area contributed by atoms with Crippen molar-refractivity contribution in [2.24, 2.45) is 0 Å². The number of alkyl halides is 3. The maximum atomic E-state index is 13.1. The van der Waals surface area contributed by atoms with Crippen molar-refractivity contribution in [2.45, 2.75) is 13.1 Å². The summed E-state index contributed by atoms with van der Waals surface area (Å²) in [4.78, 5) is 8.08. The van der Waals surface area contributed by atoms with E-state index in [9.17, 15) is 13.2 Å². The second-order valence-electron chi connectivity index (χ2n) is 5.54. The van der Waals surface area contributed by atoms with Gasteiger partial charge in [0.25, 0.3) is 0 Å². The topological polar surface area (TPSA) is 59.1 Å². The summed E-state index contributed by atoms with van der Waals surface area (Å²) in [5.41, 5.74) is -0.0702. The molecule has 0 atom stereocenters. The van der Waals surface area contributed by atoms with E-state index < -0.39 is 11.7 Å². The van der Waals surface area contributed by atoms with Crippen LogP contribution in [0, 0.1) is 0 Å². The molecule has 0 bridgehead atoms. The number of rotatable bonds is 6. The Bertz CT molecular complexity index is 898. The Morgan fingerprint density at radius 3 is 2.26 bits per heavy atom. The van der Waals surface area contributed by atoms with Crippen molar-refractivity contribution in [1.82, 2.24) is 9.97 Å². The number of benzene rings is 2. The van der Waals surface area contributed by atoms with Gasteiger partial charge in [0.1, 0.15) is 23.7 Å². The molecular formula is C19H17F3N4O. The molecule has 2 aromatic carbocycles. The molecule has 2 N–H and O–H groups in total. The van der Waals surface area contributed by atoms with E-state index in [1.165, 1.54) is 30.6 Å². The van der Waals surface area contributed by atoms with Crippen LogP contribution in [-0.4, -0.2) is 16.6 Å². The lowest BCUT2D eigenvalue weighted by Gasteiger charge is -2.14. The summed E-state index contributed by atoms with van der Waals surface area (Å²) in [7, 11) is 0. The third-order valence-corrected chi connectivity index (χ3v) is 3.60. The standard InChI is InChI=1S/C19H17F3N4O/c1-2-27-14-9-7-13(8-10-14)25-17-11-18(24-12-23-17)26-16-6-4-3-5-15(16)19(20,21)22/h3-12H,2H2,1H3,(H2,23,24,25,26). The van der Waals surface area contributed by atoms with Crippen molar-refractivity contribution < 1.29 is 17.9 Å². The van der Waals surface area contributed by atoms with Crippen molar-refractivity contribution in [3.8, 4) is 5.75 Å². The minimum absolute atomic E-state index is 0.0734. The zero-order valence-corrected chi connectivity index (χ0v) is 14.4. The molecule has 140 valence electrons. The number of hydrogen-bond donors (Lipinski definition) is 2. The van der Waals surface area contributed by atoms with Crippen LogP contribution in [0.5, 0.6) is 5.75 Å². The number of nitrogens with zero attached hydrogens (tertiary/aromatic N) is 2. The highest BCUT2D eigenvalue weighted by Gasteiger charge is 2.33. The molecule has 0 amide bonds. The number of anilines is 4. The summed E-state index contributed by atoms with van der Waals surface area (Å²) in [6.45, 7) is 2.48. The van der Waals surface area contributed by atoms with E-state index in [-0.39, 0.29) is 11.5 Å². The second-order valence-corrected chi connectivity index (χ2v) is 5.54. The van der Waals surface area contributed by atoms with Gasteiger partial charge in [-0.25, -0.2) is 9.97 Å². The van der Waals surface area contributed by atoms with Gasteiger partial charge in [-0.05, 0) is 43.3 Å². The Kier molecular flexibility index (Phi) is 5.44. The van der Waals surface area contributed by atoms with Gasteiger partial charge in [-0.15, -0.1) is 0 Å². The van der Waals surface area contributed by atoms with Crippen molar-refractivity contribution in [1.29, 1.82) is 0 Å². The fourth-order valence-corrected chi connectivity index (χ4v) is 2.42. The fraction of sp³-hybridized carbons (Fsp3) is 0.158. The largest absolute Gasteiger partial charge is 0.494 e. The van der Waals surface area contributed by atoms with Crippen LogP contribution < -0.4 is 15.4 Å². The lowest BCUT2D eigenvalue weighted by molar-refractivity contribution is -0.136. The van der Waals surface area contributed by atoms with Gasteiger partial charge in [-0.1, -0.05) is 12.1 Å². The molecule has 3 rings (SSSR count). The first-order chi connectivity index (χ1) is 13.0. The molecule has 0 spiro atoms. The zero-order valence-electron chi connectivity index (χ0n) is 14.4. The third-order valence-electron chi connectivity index (χ3n) is 3.60. The number of hydrogen-bond acceptors (Lipinski definition) is 5. The zero-order chi connectivity index (χ0) is 19.3. The molecule has 0 radical (unpaired) electrons. The number of aromatic nitrogens is 2. The molecule has 27 heavy (non-hydrogen) atoms. The molecular weight excluding hydrogens is 357 g/mol. The Hall–Kier alpha value is -3.29. The Morgan fingerprint density at radius 1 is 0.926 bits per heavy atom. The summed E-state index contributed by atoms with van der Waals surface area (Å²) in [6.07, 6.45) is -3.19. The minimum atomic E-state index is -4.46. The van der Waals surface area contributed by atoms with E-state index in [4.69, 9.17) is 4.74 Å². The van der Waals surface area contributed by atoms with Gasteiger partial charge < -0.3 is 15.4 Å². The number of ether oxygens (including phenoxy) is 1. The highest BCUT2D eigenvalue weighted by molar-refractivity contribution is 5.65. The predicted octanol–water partition coefficient (Wildman–Crippen LogP) is 5.38. The lowest BCUT2D eigenvalue weighted by atomic mass is 10.1. The molecule has 1 heterocycles. The monoisotopic (exact) mass is 374 g/mol. The third kappa shape index (κ3) is 4.87. The summed E-state index contributed by atoms with van der Waals surface area (Å²) in [5.74, 6) is 1.44. The average Bonchev–Trinajstić information content (AvgIpc) is 2.63. The van der Waals surface area contributed by atoms with Crippen LogP contribution in [-0.2, 0) is 6.18 Å². The van der Waals surface area contributed by atoms with Crippen molar-refractivity contribution in [3.05, 3.63) is 66.5 Å². The smallest absolute Gasteiger partial charge is 0.418 e. The summed E-state index contributed by atoms with van der Waals surface area (Å²) in [5, 5.41) is 5.78. The molecule has 0 saturated heterocycles. The van der Waals surface area contributed by atoms with E-state index in [2.05, 4.69) is 20.6 Å². The number of halogens is 3. The molecule has 5 nitrogen and oxygen atoms in total. The van der Waals surface area contributed by atoms with Gasteiger partial charge in [0, 0.05) is 11.8 Å². The number of para-hydroxylation sites is 1. The molecule has 0 aliphatic rings. The molecule has 0 aliphatic carbocycles. The molecule has 1 aromatic heterocycles. The molecule has 0 unspecified atom stereocenters. The predicted molar refractivity (Wildman–Crippen MR) is 97.7 cm³/mol. The first kappa shape index (κ1) is 18.5. The maximum Gasteiger partial charge on any atom is 0.418 e. The van der Waals surface area contributed by atoms with Crippen LogP contribution in [0.3, 0.4) is 0 Å². The highest BCUT2D eigenvalue weighted by Crippen LogP contribution is 2.35. The van der Waals surface area contributed by atoms with Gasteiger partial charge in [0.05, 0.1) is 17.9 Å². The Morgan fingerprint density at radius 2 is 1.59 bits per heavy atom. The van der Waals surface area contributed by atoms with Crippen molar-refractivity contribution in [3.63, 3.8) is 0 Å². The minimum Gasteiger partial charge on any atom is -0.494 e. The Balaban J connectivity index is 1.77. The first-order valence-corrected chi connectivity index (χ1v) is 8.21. The van der Waals surface area contributed by atoms with Crippen molar-refractivity contribution in [2.75, 3.05) is 17.2 Å². The molecule has 0 fully saturated rings. The quantitative estimate of drug-likeness (QED) is 0.606. The SMILES string of the molecule is CCOc1ccc(Nc2cc(Nc3ccccc3C(F)(F)F)ncn2)cc1.